The number of thiazole rings is 1. The maximum Gasteiger partial charge on any atom is 0.229 e. The zero-order chi connectivity index (χ0) is 19.7. The van der Waals surface area contributed by atoms with Gasteiger partial charge in [-0.3, -0.25) is 9.78 Å². The van der Waals surface area contributed by atoms with E-state index >= 15 is 0 Å². The molecule has 2 aromatic heterocycles. The monoisotopic (exact) mass is 387 g/mol. The highest BCUT2D eigenvalue weighted by molar-refractivity contribution is 7.12. The van der Waals surface area contributed by atoms with Crippen molar-refractivity contribution in [2.75, 3.05) is 5.32 Å². The molecule has 1 amide bonds. The molecule has 28 heavy (non-hydrogen) atoms. The van der Waals surface area contributed by atoms with E-state index in [9.17, 15) is 4.79 Å². The van der Waals surface area contributed by atoms with E-state index in [1.807, 2.05) is 38.1 Å². The van der Waals surface area contributed by atoms with Crippen LogP contribution in [0.25, 0.3) is 22.2 Å². The molecule has 0 saturated carbocycles. The molecular weight excluding hydrogens is 366 g/mol. The van der Waals surface area contributed by atoms with Crippen LogP contribution in [0.2, 0.25) is 0 Å². The third kappa shape index (κ3) is 3.66. The Labute approximate surface area is 168 Å². The topological polar surface area (TPSA) is 54.9 Å². The Morgan fingerprint density at radius 1 is 1.04 bits per heavy atom. The smallest absolute Gasteiger partial charge is 0.229 e. The van der Waals surface area contributed by atoms with Gasteiger partial charge in [-0.1, -0.05) is 35.9 Å². The van der Waals surface area contributed by atoms with Crippen LogP contribution in [0.4, 0.5) is 5.69 Å². The summed E-state index contributed by atoms with van der Waals surface area (Å²) in [5.41, 5.74) is 5.94. The van der Waals surface area contributed by atoms with Crippen LogP contribution in [0.5, 0.6) is 0 Å². The molecule has 0 spiro atoms. The number of fused-ring (bicyclic) bond motifs is 1. The van der Waals surface area contributed by atoms with Crippen LogP contribution in [-0.4, -0.2) is 15.9 Å². The summed E-state index contributed by atoms with van der Waals surface area (Å²) in [6, 6.07) is 16.1. The highest BCUT2D eigenvalue weighted by Gasteiger charge is 2.16. The molecule has 4 nitrogen and oxygen atoms in total. The van der Waals surface area contributed by atoms with Crippen molar-refractivity contribution in [1.29, 1.82) is 0 Å². The number of hydrogen-bond acceptors (Lipinski definition) is 4. The van der Waals surface area contributed by atoms with Crippen molar-refractivity contribution in [1.82, 2.24) is 9.97 Å². The molecule has 0 saturated heterocycles. The number of aryl methyl sites for hydroxylation is 3. The van der Waals surface area contributed by atoms with Crippen LogP contribution in [0.15, 0.2) is 54.7 Å². The Morgan fingerprint density at radius 2 is 1.82 bits per heavy atom. The summed E-state index contributed by atoms with van der Waals surface area (Å²) >= 11 is 1.57. The SMILES string of the molecule is Cc1ccc(-c2nc(C)sc2CC(=O)Nc2ccc(C)c3ncccc23)cc1. The number of pyridine rings is 1. The summed E-state index contributed by atoms with van der Waals surface area (Å²) in [6.07, 6.45) is 2.07. The molecule has 0 fully saturated rings. The number of hydrogen-bond donors (Lipinski definition) is 1. The average molecular weight is 388 g/mol. The zero-order valence-corrected chi connectivity index (χ0v) is 16.9. The summed E-state index contributed by atoms with van der Waals surface area (Å²) in [7, 11) is 0. The normalized spacial score (nSPS) is 11.0. The molecule has 0 atom stereocenters. The van der Waals surface area contributed by atoms with Crippen molar-refractivity contribution >= 4 is 33.8 Å². The minimum absolute atomic E-state index is 0.0500. The highest BCUT2D eigenvalue weighted by atomic mass is 32.1. The molecule has 4 aromatic rings. The Hall–Kier alpha value is -3.05. The molecule has 0 radical (unpaired) electrons. The molecule has 4 rings (SSSR count). The molecule has 2 aromatic carbocycles. The minimum atomic E-state index is -0.0500. The van der Waals surface area contributed by atoms with E-state index in [0.717, 1.165) is 43.3 Å². The number of carbonyl (C=O) groups is 1. The Morgan fingerprint density at radius 3 is 2.61 bits per heavy atom. The summed E-state index contributed by atoms with van der Waals surface area (Å²) in [5, 5.41) is 4.97. The third-order valence-corrected chi connectivity index (χ3v) is 5.67. The Bertz CT molecular complexity index is 1160. The van der Waals surface area contributed by atoms with Crippen LogP contribution in [-0.2, 0) is 11.2 Å². The predicted molar refractivity (Wildman–Crippen MR) is 116 cm³/mol. The summed E-state index contributed by atoms with van der Waals surface area (Å²) in [4.78, 5) is 22.9. The van der Waals surface area contributed by atoms with Gasteiger partial charge in [0.1, 0.15) is 0 Å². The average Bonchev–Trinajstić information content (AvgIpc) is 3.05. The summed E-state index contributed by atoms with van der Waals surface area (Å²) in [5.74, 6) is -0.0500. The predicted octanol–water partition coefficient (Wildman–Crippen LogP) is 5.46. The van der Waals surface area contributed by atoms with Gasteiger partial charge in [0, 0.05) is 22.0 Å². The number of benzene rings is 2. The van der Waals surface area contributed by atoms with E-state index in [4.69, 9.17) is 0 Å². The van der Waals surface area contributed by atoms with Crippen LogP contribution < -0.4 is 5.32 Å². The Kier molecular flexibility index (Phi) is 4.92. The molecule has 0 aliphatic carbocycles. The van der Waals surface area contributed by atoms with Crippen LogP contribution >= 0.6 is 11.3 Å². The lowest BCUT2D eigenvalue weighted by molar-refractivity contribution is -0.115. The zero-order valence-electron chi connectivity index (χ0n) is 16.1. The van der Waals surface area contributed by atoms with Crippen molar-refractivity contribution in [3.8, 4) is 11.3 Å². The Balaban J connectivity index is 1.60. The van der Waals surface area contributed by atoms with Crippen molar-refractivity contribution in [2.45, 2.75) is 27.2 Å². The molecular formula is C23H21N3OS. The molecule has 0 aliphatic heterocycles. The summed E-state index contributed by atoms with van der Waals surface area (Å²) in [6.45, 7) is 6.06. The van der Waals surface area contributed by atoms with Gasteiger partial charge in [0.15, 0.2) is 0 Å². The van der Waals surface area contributed by atoms with E-state index in [-0.39, 0.29) is 5.91 Å². The number of anilines is 1. The van der Waals surface area contributed by atoms with E-state index in [1.165, 1.54) is 5.56 Å². The van der Waals surface area contributed by atoms with E-state index in [0.29, 0.717) is 6.42 Å². The van der Waals surface area contributed by atoms with Gasteiger partial charge in [-0.2, -0.15) is 0 Å². The lowest BCUT2D eigenvalue weighted by atomic mass is 10.1. The maximum absolute atomic E-state index is 12.8. The van der Waals surface area contributed by atoms with Crippen LogP contribution in [0.1, 0.15) is 21.0 Å². The van der Waals surface area contributed by atoms with Gasteiger partial charge in [-0.15, -0.1) is 11.3 Å². The van der Waals surface area contributed by atoms with Crippen LogP contribution in [0.3, 0.4) is 0 Å². The molecule has 2 heterocycles. The second-order valence-electron chi connectivity index (χ2n) is 6.93. The highest BCUT2D eigenvalue weighted by Crippen LogP contribution is 2.30. The number of nitrogens with one attached hydrogen (secondary N) is 1. The van der Waals surface area contributed by atoms with E-state index in [2.05, 4.69) is 46.5 Å². The number of aromatic nitrogens is 2. The molecule has 140 valence electrons. The molecule has 1 N–H and O–H groups in total. The van der Waals surface area contributed by atoms with Gasteiger partial charge in [0.25, 0.3) is 0 Å². The standard InChI is InChI=1S/C23H21N3OS/c1-14-6-9-17(10-7-14)23-20(28-16(3)25-23)13-21(27)26-19-11-8-15(2)22-18(19)5-4-12-24-22/h4-12H,13H2,1-3H3,(H,26,27). The van der Waals surface area contributed by atoms with E-state index in [1.54, 1.807) is 17.5 Å². The third-order valence-electron chi connectivity index (χ3n) is 4.70. The first-order valence-electron chi connectivity index (χ1n) is 9.19. The van der Waals surface area contributed by atoms with Crippen molar-refractivity contribution in [2.24, 2.45) is 0 Å². The summed E-state index contributed by atoms with van der Waals surface area (Å²) < 4.78 is 0. The quantitative estimate of drug-likeness (QED) is 0.505. The first-order valence-corrected chi connectivity index (χ1v) is 10.0. The van der Waals surface area contributed by atoms with Gasteiger partial charge in [-0.05, 0) is 44.5 Å². The van der Waals surface area contributed by atoms with Gasteiger partial charge < -0.3 is 5.32 Å². The van der Waals surface area contributed by atoms with Crippen molar-refractivity contribution < 1.29 is 4.79 Å². The number of rotatable bonds is 4. The second-order valence-corrected chi connectivity index (χ2v) is 8.21. The molecule has 0 bridgehead atoms. The minimum Gasteiger partial charge on any atom is -0.325 e. The lowest BCUT2D eigenvalue weighted by Crippen LogP contribution is -2.14. The fraction of sp³-hybridized carbons (Fsp3) is 0.174. The number of amides is 1. The number of nitrogens with zero attached hydrogens (tertiary/aromatic N) is 2. The second kappa shape index (κ2) is 7.52. The van der Waals surface area contributed by atoms with Gasteiger partial charge in [0.05, 0.1) is 28.3 Å². The maximum atomic E-state index is 12.8. The van der Waals surface area contributed by atoms with Crippen LogP contribution in [0, 0.1) is 20.8 Å². The first kappa shape index (κ1) is 18.3. The van der Waals surface area contributed by atoms with Gasteiger partial charge in [-0.25, -0.2) is 4.98 Å². The van der Waals surface area contributed by atoms with Crippen molar-refractivity contribution in [3.63, 3.8) is 0 Å². The molecule has 0 unspecified atom stereocenters. The van der Waals surface area contributed by atoms with Gasteiger partial charge in [0.2, 0.25) is 5.91 Å². The molecule has 5 heteroatoms. The largest absolute Gasteiger partial charge is 0.325 e. The van der Waals surface area contributed by atoms with E-state index < -0.39 is 0 Å². The fourth-order valence-corrected chi connectivity index (χ4v) is 4.25. The fourth-order valence-electron chi connectivity index (χ4n) is 3.29. The van der Waals surface area contributed by atoms with Gasteiger partial charge >= 0.3 is 0 Å². The molecule has 0 aliphatic rings. The number of carbonyl (C=O) groups excluding carboxylic acids is 1. The lowest BCUT2D eigenvalue weighted by Gasteiger charge is -2.10. The first-order chi connectivity index (χ1) is 13.5. The van der Waals surface area contributed by atoms with Crippen molar-refractivity contribution in [3.05, 3.63) is 75.7 Å².